The van der Waals surface area contributed by atoms with Gasteiger partial charge in [-0.05, 0) is 59.7 Å². The predicted molar refractivity (Wildman–Crippen MR) is 116 cm³/mol. The SMILES string of the molecule is O=C(Nc1ccc(C2CC2c2ccccc2)cc1)c1cccc(N2CCOC2=O)c1. The summed E-state index contributed by atoms with van der Waals surface area (Å²) in [5, 5.41) is 2.94. The Morgan fingerprint density at radius 3 is 2.33 bits per heavy atom. The van der Waals surface area contributed by atoms with Crippen molar-refractivity contribution in [3.05, 3.63) is 95.6 Å². The van der Waals surface area contributed by atoms with Crippen LogP contribution < -0.4 is 10.2 Å². The van der Waals surface area contributed by atoms with E-state index in [2.05, 4.69) is 41.7 Å². The fraction of sp³-hybridized carbons (Fsp3) is 0.200. The van der Waals surface area contributed by atoms with E-state index in [0.29, 0.717) is 36.2 Å². The van der Waals surface area contributed by atoms with E-state index in [0.717, 1.165) is 5.69 Å². The third kappa shape index (κ3) is 3.66. The third-order valence-electron chi connectivity index (χ3n) is 5.80. The molecular formula is C25H22N2O3. The molecule has 2 fully saturated rings. The van der Waals surface area contributed by atoms with Gasteiger partial charge in [-0.15, -0.1) is 0 Å². The summed E-state index contributed by atoms with van der Waals surface area (Å²) < 4.78 is 4.97. The van der Waals surface area contributed by atoms with Gasteiger partial charge in [0, 0.05) is 16.9 Å². The minimum atomic E-state index is -0.378. The van der Waals surface area contributed by atoms with Gasteiger partial charge in [0.05, 0.1) is 6.54 Å². The molecule has 3 aromatic rings. The van der Waals surface area contributed by atoms with Gasteiger partial charge in [0.15, 0.2) is 0 Å². The molecule has 3 aromatic carbocycles. The molecular weight excluding hydrogens is 376 g/mol. The number of hydrogen-bond donors (Lipinski definition) is 1. The van der Waals surface area contributed by atoms with Crippen LogP contribution in [0.1, 0.15) is 39.7 Å². The number of amides is 2. The van der Waals surface area contributed by atoms with Gasteiger partial charge in [-0.25, -0.2) is 4.79 Å². The molecule has 1 saturated heterocycles. The highest BCUT2D eigenvalue weighted by atomic mass is 16.6. The van der Waals surface area contributed by atoms with Crippen molar-refractivity contribution in [1.82, 2.24) is 0 Å². The maximum absolute atomic E-state index is 12.7. The standard InChI is InChI=1S/C25H22N2O3/c28-24(19-7-4-8-21(15-19)27-13-14-30-25(27)29)26-20-11-9-18(10-12-20)23-16-22(23)17-5-2-1-3-6-17/h1-12,15,22-23H,13-14,16H2,(H,26,28). The number of rotatable bonds is 5. The number of anilines is 2. The van der Waals surface area contributed by atoms with Crippen LogP contribution in [0.2, 0.25) is 0 Å². The zero-order chi connectivity index (χ0) is 20.5. The van der Waals surface area contributed by atoms with Gasteiger partial charge in [0.2, 0.25) is 0 Å². The van der Waals surface area contributed by atoms with E-state index < -0.39 is 0 Å². The van der Waals surface area contributed by atoms with Crippen molar-refractivity contribution in [2.75, 3.05) is 23.4 Å². The second kappa shape index (κ2) is 7.67. The first-order valence-corrected chi connectivity index (χ1v) is 10.2. The number of cyclic esters (lactones) is 1. The molecule has 5 heteroatoms. The third-order valence-corrected chi connectivity index (χ3v) is 5.80. The Bertz CT molecular complexity index is 1080. The van der Waals surface area contributed by atoms with Crippen molar-refractivity contribution < 1.29 is 14.3 Å². The van der Waals surface area contributed by atoms with E-state index in [-0.39, 0.29) is 12.0 Å². The molecule has 2 aliphatic rings. The number of hydrogen-bond acceptors (Lipinski definition) is 3. The molecule has 1 aliphatic carbocycles. The first-order valence-electron chi connectivity index (χ1n) is 10.2. The van der Waals surface area contributed by atoms with Crippen LogP contribution in [0, 0.1) is 0 Å². The van der Waals surface area contributed by atoms with Gasteiger partial charge in [-0.3, -0.25) is 9.69 Å². The average Bonchev–Trinajstić information content (AvgIpc) is 3.48. The molecule has 2 atom stereocenters. The van der Waals surface area contributed by atoms with Crippen LogP contribution in [0.5, 0.6) is 0 Å². The Labute approximate surface area is 175 Å². The lowest BCUT2D eigenvalue weighted by atomic mass is 10.0. The first kappa shape index (κ1) is 18.4. The van der Waals surface area contributed by atoms with Gasteiger partial charge in [0.25, 0.3) is 5.91 Å². The second-order valence-electron chi connectivity index (χ2n) is 7.75. The normalized spacial score (nSPS) is 20.0. The molecule has 5 rings (SSSR count). The van der Waals surface area contributed by atoms with Crippen molar-refractivity contribution >= 4 is 23.4 Å². The molecule has 0 spiro atoms. The number of nitrogens with zero attached hydrogens (tertiary/aromatic N) is 1. The van der Waals surface area contributed by atoms with Gasteiger partial charge in [-0.1, -0.05) is 48.5 Å². The highest BCUT2D eigenvalue weighted by Crippen LogP contribution is 2.54. The predicted octanol–water partition coefficient (Wildman–Crippen LogP) is 5.17. The molecule has 0 radical (unpaired) electrons. The molecule has 30 heavy (non-hydrogen) atoms. The summed E-state index contributed by atoms with van der Waals surface area (Å²) in [5.74, 6) is 0.937. The summed E-state index contributed by atoms with van der Waals surface area (Å²) in [6.07, 6.45) is 0.790. The molecule has 2 unspecified atom stereocenters. The average molecular weight is 398 g/mol. The molecule has 2 amide bonds. The van der Waals surface area contributed by atoms with Gasteiger partial charge in [0.1, 0.15) is 6.61 Å². The highest BCUT2D eigenvalue weighted by Gasteiger charge is 2.39. The Morgan fingerprint density at radius 2 is 1.63 bits per heavy atom. The Balaban J connectivity index is 1.24. The van der Waals surface area contributed by atoms with Gasteiger partial charge >= 0.3 is 6.09 Å². The maximum Gasteiger partial charge on any atom is 0.414 e. The lowest BCUT2D eigenvalue weighted by Crippen LogP contribution is -2.23. The van der Waals surface area contributed by atoms with Crippen LogP contribution in [-0.4, -0.2) is 25.2 Å². The smallest absolute Gasteiger partial charge is 0.414 e. The minimum Gasteiger partial charge on any atom is -0.447 e. The Kier molecular flexibility index (Phi) is 4.71. The number of carbonyl (C=O) groups excluding carboxylic acids is 2. The van der Waals surface area contributed by atoms with Crippen LogP contribution in [0.3, 0.4) is 0 Å². The van der Waals surface area contributed by atoms with Crippen molar-refractivity contribution in [3.63, 3.8) is 0 Å². The minimum absolute atomic E-state index is 0.203. The molecule has 150 valence electrons. The number of ether oxygens (including phenoxy) is 1. The molecule has 1 N–H and O–H groups in total. The molecule has 0 bridgehead atoms. The number of benzene rings is 3. The monoisotopic (exact) mass is 398 g/mol. The molecule has 5 nitrogen and oxygen atoms in total. The zero-order valence-corrected chi connectivity index (χ0v) is 16.5. The van der Waals surface area contributed by atoms with Gasteiger partial charge < -0.3 is 10.1 Å². The lowest BCUT2D eigenvalue weighted by molar-refractivity contribution is 0.102. The van der Waals surface area contributed by atoms with E-state index in [1.807, 2.05) is 18.2 Å². The first-order chi connectivity index (χ1) is 14.7. The summed E-state index contributed by atoms with van der Waals surface area (Å²) >= 11 is 0. The van der Waals surface area contributed by atoms with Crippen LogP contribution in [0.25, 0.3) is 0 Å². The topological polar surface area (TPSA) is 58.6 Å². The summed E-state index contributed by atoms with van der Waals surface area (Å²) in [4.78, 5) is 26.0. The Hall–Kier alpha value is -3.60. The lowest BCUT2D eigenvalue weighted by Gasteiger charge is -2.14. The van der Waals surface area contributed by atoms with Crippen LogP contribution in [-0.2, 0) is 4.74 Å². The fourth-order valence-corrected chi connectivity index (χ4v) is 4.09. The van der Waals surface area contributed by atoms with E-state index >= 15 is 0 Å². The van der Waals surface area contributed by atoms with Crippen LogP contribution >= 0.6 is 0 Å². The van der Waals surface area contributed by atoms with Crippen molar-refractivity contribution in [2.24, 2.45) is 0 Å². The fourth-order valence-electron chi connectivity index (χ4n) is 4.09. The van der Waals surface area contributed by atoms with Crippen LogP contribution in [0.4, 0.5) is 16.2 Å². The number of carbonyl (C=O) groups is 2. The van der Waals surface area contributed by atoms with Crippen LogP contribution in [0.15, 0.2) is 78.9 Å². The number of nitrogens with one attached hydrogen (secondary N) is 1. The van der Waals surface area contributed by atoms with E-state index in [1.165, 1.54) is 22.4 Å². The van der Waals surface area contributed by atoms with E-state index in [4.69, 9.17) is 4.74 Å². The Morgan fingerprint density at radius 1 is 0.900 bits per heavy atom. The van der Waals surface area contributed by atoms with Crippen molar-refractivity contribution in [2.45, 2.75) is 18.3 Å². The molecule has 1 saturated carbocycles. The van der Waals surface area contributed by atoms with Gasteiger partial charge in [-0.2, -0.15) is 0 Å². The quantitative estimate of drug-likeness (QED) is 0.645. The van der Waals surface area contributed by atoms with E-state index in [1.54, 1.807) is 24.3 Å². The second-order valence-corrected chi connectivity index (χ2v) is 7.75. The summed E-state index contributed by atoms with van der Waals surface area (Å²) in [6.45, 7) is 0.865. The molecule has 1 aliphatic heterocycles. The zero-order valence-electron chi connectivity index (χ0n) is 16.5. The summed E-state index contributed by atoms with van der Waals surface area (Å²) in [7, 11) is 0. The molecule has 0 aromatic heterocycles. The summed E-state index contributed by atoms with van der Waals surface area (Å²) in [6, 6.07) is 25.7. The summed E-state index contributed by atoms with van der Waals surface area (Å²) in [5.41, 5.74) is 4.62. The maximum atomic E-state index is 12.7. The van der Waals surface area contributed by atoms with Crippen molar-refractivity contribution in [3.8, 4) is 0 Å². The highest BCUT2D eigenvalue weighted by molar-refractivity contribution is 6.05. The largest absolute Gasteiger partial charge is 0.447 e. The molecule has 1 heterocycles. The van der Waals surface area contributed by atoms with Crippen molar-refractivity contribution in [1.29, 1.82) is 0 Å². The van der Waals surface area contributed by atoms with E-state index in [9.17, 15) is 9.59 Å².